The highest BCUT2D eigenvalue weighted by molar-refractivity contribution is 7.80. The van der Waals surface area contributed by atoms with Gasteiger partial charge in [-0.25, -0.2) is 0 Å². The van der Waals surface area contributed by atoms with E-state index in [4.69, 9.17) is 12.2 Å². The molecule has 2 heterocycles. The largest absolute Gasteiger partial charge is 0.329 e. The first-order chi connectivity index (χ1) is 13.0. The van der Waals surface area contributed by atoms with E-state index in [0.717, 1.165) is 11.4 Å². The Morgan fingerprint density at radius 2 is 1.96 bits per heavy atom. The number of nitrogens with zero attached hydrogens (tertiary/aromatic N) is 4. The average molecular weight is 383 g/mol. The second kappa shape index (κ2) is 8.45. The van der Waals surface area contributed by atoms with E-state index in [2.05, 4.69) is 45.4 Å². The third-order valence-corrected chi connectivity index (χ3v) is 4.08. The first-order valence-electron chi connectivity index (χ1n) is 8.42. The van der Waals surface area contributed by atoms with E-state index in [1.165, 1.54) is 11.1 Å². The van der Waals surface area contributed by atoms with Crippen molar-refractivity contribution in [2.45, 2.75) is 26.9 Å². The number of rotatable bonds is 5. The highest BCUT2D eigenvalue weighted by Crippen LogP contribution is 2.11. The van der Waals surface area contributed by atoms with Crippen LogP contribution in [0.25, 0.3) is 0 Å². The first-order valence-corrected chi connectivity index (χ1v) is 8.83. The number of benzene rings is 1. The van der Waals surface area contributed by atoms with Crippen molar-refractivity contribution in [2.75, 3.05) is 5.32 Å². The number of amides is 1. The van der Waals surface area contributed by atoms with Crippen LogP contribution in [0.5, 0.6) is 0 Å². The topological polar surface area (TPSA) is 88.8 Å². The summed E-state index contributed by atoms with van der Waals surface area (Å²) in [4.78, 5) is 11.9. The second-order valence-electron chi connectivity index (χ2n) is 6.14. The van der Waals surface area contributed by atoms with E-state index < -0.39 is 0 Å². The SMILES string of the molecule is Cc1ccn(CC(=O)NNC(=S)Nc2cnn(Cc3ccccc3C)c2)n1. The third kappa shape index (κ3) is 5.38. The highest BCUT2D eigenvalue weighted by atomic mass is 32.1. The van der Waals surface area contributed by atoms with Crippen LogP contribution >= 0.6 is 12.2 Å². The zero-order chi connectivity index (χ0) is 19.2. The zero-order valence-electron chi connectivity index (χ0n) is 15.1. The molecule has 3 rings (SSSR count). The van der Waals surface area contributed by atoms with E-state index >= 15 is 0 Å². The maximum absolute atomic E-state index is 11.9. The molecule has 0 aliphatic rings. The predicted octanol–water partition coefficient (Wildman–Crippen LogP) is 1.76. The standard InChI is InChI=1S/C18H21N7OS/c1-13-5-3-4-6-15(13)10-25-11-16(9-19-25)20-18(27)22-21-17(26)12-24-8-7-14(2)23-24/h3-9,11H,10,12H2,1-2H3,(H,21,26)(H2,20,22,27). The molecule has 9 heteroatoms. The second-order valence-corrected chi connectivity index (χ2v) is 6.54. The summed E-state index contributed by atoms with van der Waals surface area (Å²) in [7, 11) is 0. The lowest BCUT2D eigenvalue weighted by atomic mass is 10.1. The Morgan fingerprint density at radius 3 is 2.70 bits per heavy atom. The summed E-state index contributed by atoms with van der Waals surface area (Å²) in [6.45, 7) is 4.72. The van der Waals surface area contributed by atoms with E-state index in [1.807, 2.05) is 36.0 Å². The average Bonchev–Trinajstić information content (AvgIpc) is 3.24. The van der Waals surface area contributed by atoms with Gasteiger partial charge in [-0.15, -0.1) is 0 Å². The van der Waals surface area contributed by atoms with Crippen molar-refractivity contribution in [1.82, 2.24) is 30.4 Å². The van der Waals surface area contributed by atoms with Crippen LogP contribution in [0.1, 0.15) is 16.8 Å². The van der Waals surface area contributed by atoms with Gasteiger partial charge in [0.15, 0.2) is 5.11 Å². The van der Waals surface area contributed by atoms with Crippen molar-refractivity contribution in [3.8, 4) is 0 Å². The number of nitrogens with one attached hydrogen (secondary N) is 3. The quantitative estimate of drug-likeness (QED) is 0.460. The maximum atomic E-state index is 11.9. The van der Waals surface area contributed by atoms with Crippen LogP contribution in [0.3, 0.4) is 0 Å². The molecule has 0 bridgehead atoms. The normalized spacial score (nSPS) is 10.4. The number of aryl methyl sites for hydroxylation is 2. The van der Waals surface area contributed by atoms with Crippen molar-refractivity contribution >= 4 is 28.9 Å². The van der Waals surface area contributed by atoms with Gasteiger partial charge in [-0.2, -0.15) is 10.2 Å². The molecule has 0 aliphatic heterocycles. The molecule has 8 nitrogen and oxygen atoms in total. The molecule has 140 valence electrons. The van der Waals surface area contributed by atoms with Gasteiger partial charge in [-0.05, 0) is 43.3 Å². The fraction of sp³-hybridized carbons (Fsp3) is 0.222. The number of carbonyl (C=O) groups excluding carboxylic acids is 1. The maximum Gasteiger partial charge on any atom is 0.260 e. The van der Waals surface area contributed by atoms with Gasteiger partial charge in [-0.1, -0.05) is 24.3 Å². The first kappa shape index (κ1) is 18.6. The third-order valence-electron chi connectivity index (χ3n) is 3.88. The van der Waals surface area contributed by atoms with Crippen LogP contribution < -0.4 is 16.2 Å². The molecule has 1 amide bonds. The molecule has 0 radical (unpaired) electrons. The monoisotopic (exact) mass is 383 g/mol. The Bertz CT molecular complexity index is 947. The molecule has 1 aromatic carbocycles. The molecule has 3 N–H and O–H groups in total. The molecule has 27 heavy (non-hydrogen) atoms. The minimum absolute atomic E-state index is 0.109. The van der Waals surface area contributed by atoms with Crippen molar-refractivity contribution < 1.29 is 4.79 Å². The molecule has 0 saturated carbocycles. The molecule has 2 aromatic heterocycles. The minimum atomic E-state index is -0.252. The summed E-state index contributed by atoms with van der Waals surface area (Å²) < 4.78 is 3.38. The van der Waals surface area contributed by atoms with Crippen LogP contribution in [-0.4, -0.2) is 30.6 Å². The Labute approximate surface area is 162 Å². The number of hydrogen-bond acceptors (Lipinski definition) is 4. The van der Waals surface area contributed by atoms with Gasteiger partial charge in [0.2, 0.25) is 0 Å². The van der Waals surface area contributed by atoms with E-state index in [1.54, 1.807) is 17.1 Å². The Morgan fingerprint density at radius 1 is 1.15 bits per heavy atom. The van der Waals surface area contributed by atoms with Crippen LogP contribution in [0, 0.1) is 13.8 Å². The van der Waals surface area contributed by atoms with Gasteiger partial charge in [0, 0.05) is 12.4 Å². The van der Waals surface area contributed by atoms with Crippen molar-refractivity contribution in [3.63, 3.8) is 0 Å². The number of hydrazine groups is 1. The van der Waals surface area contributed by atoms with Gasteiger partial charge >= 0.3 is 0 Å². The van der Waals surface area contributed by atoms with Crippen molar-refractivity contribution in [2.24, 2.45) is 0 Å². The van der Waals surface area contributed by atoms with Crippen molar-refractivity contribution in [3.05, 3.63) is 65.7 Å². The summed E-state index contributed by atoms with van der Waals surface area (Å²) in [5.74, 6) is -0.252. The number of hydrogen-bond donors (Lipinski definition) is 3. The van der Waals surface area contributed by atoms with Crippen LogP contribution in [0.15, 0.2) is 48.9 Å². The molecule has 0 spiro atoms. The minimum Gasteiger partial charge on any atom is -0.329 e. The Balaban J connectivity index is 1.46. The lowest BCUT2D eigenvalue weighted by molar-refractivity contribution is -0.122. The summed E-state index contributed by atoms with van der Waals surface area (Å²) in [5, 5.41) is 11.7. The number of anilines is 1. The van der Waals surface area contributed by atoms with E-state index in [-0.39, 0.29) is 17.6 Å². The summed E-state index contributed by atoms with van der Waals surface area (Å²) >= 11 is 5.19. The Hall–Kier alpha value is -3.20. The smallest absolute Gasteiger partial charge is 0.260 e. The summed E-state index contributed by atoms with van der Waals surface area (Å²) in [6, 6.07) is 10.0. The molecule has 0 aliphatic carbocycles. The van der Waals surface area contributed by atoms with E-state index in [0.29, 0.717) is 6.54 Å². The predicted molar refractivity (Wildman–Crippen MR) is 107 cm³/mol. The highest BCUT2D eigenvalue weighted by Gasteiger charge is 2.06. The van der Waals surface area contributed by atoms with Gasteiger partial charge in [0.1, 0.15) is 6.54 Å². The van der Waals surface area contributed by atoms with Gasteiger partial charge in [-0.3, -0.25) is 25.0 Å². The molecular weight excluding hydrogens is 362 g/mol. The molecule has 0 fully saturated rings. The van der Waals surface area contributed by atoms with Gasteiger partial charge in [0.25, 0.3) is 5.91 Å². The fourth-order valence-electron chi connectivity index (χ4n) is 2.50. The fourth-order valence-corrected chi connectivity index (χ4v) is 2.67. The summed E-state index contributed by atoms with van der Waals surface area (Å²) in [6.07, 6.45) is 5.28. The Kier molecular flexibility index (Phi) is 5.82. The number of aromatic nitrogens is 4. The van der Waals surface area contributed by atoms with Crippen LogP contribution in [-0.2, 0) is 17.9 Å². The molecular formula is C18H21N7OS. The van der Waals surface area contributed by atoms with Crippen molar-refractivity contribution in [1.29, 1.82) is 0 Å². The number of thiocarbonyl (C=S) groups is 1. The number of carbonyl (C=O) groups is 1. The van der Waals surface area contributed by atoms with Gasteiger partial charge < -0.3 is 5.32 Å². The van der Waals surface area contributed by atoms with E-state index in [9.17, 15) is 4.79 Å². The van der Waals surface area contributed by atoms with Crippen LogP contribution in [0.2, 0.25) is 0 Å². The summed E-state index contributed by atoms with van der Waals surface area (Å²) in [5.41, 5.74) is 9.21. The molecule has 0 atom stereocenters. The molecule has 0 saturated heterocycles. The lowest BCUT2D eigenvalue weighted by Crippen LogP contribution is -2.45. The zero-order valence-corrected chi connectivity index (χ0v) is 16.0. The lowest BCUT2D eigenvalue weighted by Gasteiger charge is -2.10. The van der Waals surface area contributed by atoms with Gasteiger partial charge in [0.05, 0.1) is 24.1 Å². The molecule has 0 unspecified atom stereocenters. The molecule has 3 aromatic rings. The van der Waals surface area contributed by atoms with Crippen LogP contribution in [0.4, 0.5) is 5.69 Å².